The van der Waals surface area contributed by atoms with Crippen molar-refractivity contribution < 1.29 is 14.6 Å². The topological polar surface area (TPSA) is 49.7 Å². The Morgan fingerprint density at radius 3 is 2.00 bits per heavy atom. The van der Waals surface area contributed by atoms with Gasteiger partial charge in [-0.05, 0) is 25.1 Å². The van der Waals surface area contributed by atoms with Crippen molar-refractivity contribution in [2.75, 3.05) is 6.61 Å². The Labute approximate surface area is 108 Å². The predicted molar refractivity (Wildman–Crippen MR) is 73.6 cm³/mol. The van der Waals surface area contributed by atoms with E-state index in [1.54, 1.807) is 6.92 Å². The summed E-state index contributed by atoms with van der Waals surface area (Å²) in [5, 5.41) is 19.1. The predicted octanol–water partition coefficient (Wildman–Crippen LogP) is 2.51. The first-order chi connectivity index (χ1) is 6.99. The average molecular weight is 313 g/mol. The number of halogens is 1. The lowest BCUT2D eigenvalue weighted by Gasteiger charge is -2.37. The highest BCUT2D eigenvalue weighted by molar-refractivity contribution is 9.09. The Bertz CT molecular complexity index is 214. The van der Waals surface area contributed by atoms with Crippen LogP contribution in [0.4, 0.5) is 0 Å². The average Bonchev–Trinajstić information content (AvgIpc) is 2.11. The summed E-state index contributed by atoms with van der Waals surface area (Å²) in [6.07, 6.45) is -1.53. The molecule has 0 aromatic heterocycles. The molecular formula is C11H25BrO3Si. The molecule has 0 rings (SSSR count). The molecule has 0 aromatic carbocycles. The van der Waals surface area contributed by atoms with E-state index in [-0.39, 0.29) is 9.87 Å². The number of aliphatic hydroxyl groups is 2. The second kappa shape index (κ2) is 5.95. The van der Waals surface area contributed by atoms with Crippen LogP contribution in [0.5, 0.6) is 0 Å². The van der Waals surface area contributed by atoms with E-state index in [9.17, 15) is 10.2 Å². The first-order valence-electron chi connectivity index (χ1n) is 5.63. The molecule has 98 valence electrons. The lowest BCUT2D eigenvalue weighted by molar-refractivity contribution is 0.0231. The molecule has 3 atom stereocenters. The van der Waals surface area contributed by atoms with Crippen LogP contribution in [0.15, 0.2) is 0 Å². The summed E-state index contributed by atoms with van der Waals surface area (Å²) in [4.78, 5) is -0.221. The highest BCUT2D eigenvalue weighted by Gasteiger charge is 2.38. The third-order valence-electron chi connectivity index (χ3n) is 3.27. The van der Waals surface area contributed by atoms with Crippen molar-refractivity contribution in [2.45, 2.75) is 62.9 Å². The van der Waals surface area contributed by atoms with E-state index in [2.05, 4.69) is 49.8 Å². The fourth-order valence-corrected chi connectivity index (χ4v) is 2.75. The molecule has 16 heavy (non-hydrogen) atoms. The maximum Gasteiger partial charge on any atom is 0.192 e. The molecule has 0 aromatic rings. The quantitative estimate of drug-likeness (QED) is 0.606. The van der Waals surface area contributed by atoms with Gasteiger partial charge in [-0.15, -0.1) is 0 Å². The van der Waals surface area contributed by atoms with E-state index < -0.39 is 20.5 Å². The number of rotatable bonds is 5. The second-order valence-corrected chi connectivity index (χ2v) is 11.8. The number of alkyl halides is 1. The van der Waals surface area contributed by atoms with Crippen LogP contribution >= 0.6 is 15.9 Å². The van der Waals surface area contributed by atoms with E-state index in [1.165, 1.54) is 0 Å². The Morgan fingerprint density at radius 1 is 1.25 bits per heavy atom. The maximum atomic E-state index is 9.63. The summed E-state index contributed by atoms with van der Waals surface area (Å²) < 4.78 is 5.95. The number of hydrogen-bond acceptors (Lipinski definition) is 3. The fraction of sp³-hybridized carbons (Fsp3) is 1.00. The van der Waals surface area contributed by atoms with Gasteiger partial charge in [-0.2, -0.15) is 0 Å². The van der Waals surface area contributed by atoms with Crippen LogP contribution in [-0.4, -0.2) is 42.2 Å². The summed E-state index contributed by atoms with van der Waals surface area (Å²) >= 11 is 3.35. The van der Waals surface area contributed by atoms with Crippen molar-refractivity contribution in [3.8, 4) is 0 Å². The fourth-order valence-electron chi connectivity index (χ4n) is 0.905. The van der Waals surface area contributed by atoms with Crippen LogP contribution in [0.3, 0.4) is 0 Å². The van der Waals surface area contributed by atoms with Gasteiger partial charge in [0.15, 0.2) is 8.32 Å². The van der Waals surface area contributed by atoms with Gasteiger partial charge in [0.1, 0.15) is 0 Å². The van der Waals surface area contributed by atoms with E-state index in [0.717, 1.165) is 0 Å². The molecule has 3 nitrogen and oxygen atoms in total. The number of aliphatic hydroxyl groups excluding tert-OH is 2. The Morgan fingerprint density at radius 2 is 1.69 bits per heavy atom. The molecule has 0 aliphatic heterocycles. The van der Waals surface area contributed by atoms with Gasteiger partial charge in [-0.3, -0.25) is 0 Å². The summed E-state index contributed by atoms with van der Waals surface area (Å²) in [5.41, 5.74) is 0. The minimum atomic E-state index is -1.77. The second-order valence-electron chi connectivity index (χ2n) is 5.82. The van der Waals surface area contributed by atoms with Crippen LogP contribution in [0.2, 0.25) is 18.1 Å². The van der Waals surface area contributed by atoms with Crippen LogP contribution in [0.25, 0.3) is 0 Å². The van der Waals surface area contributed by atoms with E-state index in [0.29, 0.717) is 6.61 Å². The van der Waals surface area contributed by atoms with Gasteiger partial charge >= 0.3 is 0 Å². The molecule has 2 N–H and O–H groups in total. The van der Waals surface area contributed by atoms with Gasteiger partial charge in [-0.1, -0.05) is 36.7 Å². The summed E-state index contributed by atoms with van der Waals surface area (Å²) in [5.74, 6) is 0. The zero-order valence-electron chi connectivity index (χ0n) is 11.1. The van der Waals surface area contributed by atoms with Gasteiger partial charge in [0.05, 0.1) is 17.0 Å². The smallest absolute Gasteiger partial charge is 0.192 e. The largest absolute Gasteiger partial charge is 0.416 e. The van der Waals surface area contributed by atoms with Crippen molar-refractivity contribution >= 4 is 24.2 Å². The molecule has 0 amide bonds. The lowest BCUT2D eigenvalue weighted by Crippen LogP contribution is -2.44. The Balaban J connectivity index is 4.25. The molecule has 0 saturated carbocycles. The molecule has 5 heteroatoms. The molecule has 0 radical (unpaired) electrons. The maximum absolute atomic E-state index is 9.63. The van der Waals surface area contributed by atoms with E-state index in [1.807, 2.05) is 0 Å². The monoisotopic (exact) mass is 312 g/mol. The van der Waals surface area contributed by atoms with E-state index in [4.69, 9.17) is 4.43 Å². The van der Waals surface area contributed by atoms with Crippen LogP contribution in [0.1, 0.15) is 27.7 Å². The number of hydrogen-bond donors (Lipinski definition) is 2. The first kappa shape index (κ1) is 16.6. The molecule has 0 aliphatic carbocycles. The van der Waals surface area contributed by atoms with Crippen molar-refractivity contribution in [3.05, 3.63) is 0 Å². The zero-order chi connectivity index (χ0) is 13.1. The highest BCUT2D eigenvalue weighted by Crippen LogP contribution is 2.36. The SMILES string of the molecule is C[C@@H](O)[C@H](O)[C@H](Br)CO[Si](C)(C)C(C)(C)C. The molecule has 0 bridgehead atoms. The van der Waals surface area contributed by atoms with Crippen LogP contribution in [-0.2, 0) is 4.43 Å². The molecule has 0 heterocycles. The minimum Gasteiger partial charge on any atom is -0.416 e. The zero-order valence-corrected chi connectivity index (χ0v) is 13.7. The van der Waals surface area contributed by atoms with Gasteiger partial charge in [0.2, 0.25) is 0 Å². The normalized spacial score (nSPS) is 19.3. The summed E-state index contributed by atoms with van der Waals surface area (Å²) in [6.45, 7) is 12.9. The van der Waals surface area contributed by atoms with Crippen molar-refractivity contribution in [1.82, 2.24) is 0 Å². The van der Waals surface area contributed by atoms with Crippen molar-refractivity contribution in [3.63, 3.8) is 0 Å². The van der Waals surface area contributed by atoms with Gasteiger partial charge < -0.3 is 14.6 Å². The Kier molecular flexibility index (Phi) is 6.17. The van der Waals surface area contributed by atoms with Gasteiger partial charge in [-0.25, -0.2) is 0 Å². The van der Waals surface area contributed by atoms with E-state index >= 15 is 0 Å². The molecule has 0 spiro atoms. The van der Waals surface area contributed by atoms with Crippen molar-refractivity contribution in [2.24, 2.45) is 0 Å². The first-order valence-corrected chi connectivity index (χ1v) is 9.45. The third-order valence-corrected chi connectivity index (χ3v) is 8.58. The molecule has 0 saturated heterocycles. The molecule has 0 unspecified atom stereocenters. The van der Waals surface area contributed by atoms with Crippen LogP contribution in [0, 0.1) is 0 Å². The highest BCUT2D eigenvalue weighted by atomic mass is 79.9. The van der Waals surface area contributed by atoms with Crippen LogP contribution < -0.4 is 0 Å². The van der Waals surface area contributed by atoms with Crippen molar-refractivity contribution in [1.29, 1.82) is 0 Å². The lowest BCUT2D eigenvalue weighted by atomic mass is 10.2. The standard InChI is InChI=1S/C11H25BrO3Si/c1-8(13)10(14)9(12)7-15-16(5,6)11(2,3)4/h8-10,13-14H,7H2,1-6H3/t8-,9-,10+/m1/s1. The third kappa shape index (κ3) is 4.83. The molecular weight excluding hydrogens is 288 g/mol. The van der Waals surface area contributed by atoms with Gasteiger partial charge in [0, 0.05) is 6.61 Å². The summed E-state index contributed by atoms with van der Waals surface area (Å²) in [7, 11) is -1.77. The van der Waals surface area contributed by atoms with Gasteiger partial charge in [0.25, 0.3) is 0 Å². The Hall–Kier alpha value is 0.577. The molecule has 0 fully saturated rings. The molecule has 0 aliphatic rings. The summed E-state index contributed by atoms with van der Waals surface area (Å²) in [6, 6.07) is 0. The minimum absolute atomic E-state index is 0.162.